The van der Waals surface area contributed by atoms with E-state index in [2.05, 4.69) is 35.5 Å². The van der Waals surface area contributed by atoms with Gasteiger partial charge in [0.2, 0.25) is 0 Å². The summed E-state index contributed by atoms with van der Waals surface area (Å²) in [5, 5.41) is 18.3. The number of hydrogen-bond donors (Lipinski definition) is 4. The molecule has 0 aliphatic heterocycles. The van der Waals surface area contributed by atoms with Crippen LogP contribution in [0.1, 0.15) is 5.56 Å². The third-order valence-electron chi connectivity index (χ3n) is 1.39. The number of benzene rings is 1. The summed E-state index contributed by atoms with van der Waals surface area (Å²) in [6, 6.07) is 7.62. The summed E-state index contributed by atoms with van der Waals surface area (Å²) < 4.78 is 0. The van der Waals surface area contributed by atoms with Crippen LogP contribution in [0.4, 0.5) is 5.69 Å². The van der Waals surface area contributed by atoms with Crippen LogP contribution in [0.15, 0.2) is 24.3 Å². The fourth-order valence-corrected chi connectivity index (χ4v) is 0.938. The molecule has 1 aromatic carbocycles. The van der Waals surface area contributed by atoms with Gasteiger partial charge in [0.05, 0.1) is 0 Å². The number of hydrogen-bond acceptors (Lipinski definition) is 2. The number of aryl methyl sites for hydroxylation is 1. The Bertz CT molecular complexity index is 357. The Kier molecular flexibility index (Phi) is 11.0. The first kappa shape index (κ1) is 18.0. The van der Waals surface area contributed by atoms with Crippen molar-refractivity contribution in [1.82, 2.24) is 0 Å². The number of aliphatic hydroxyl groups is 2. The van der Waals surface area contributed by atoms with Crippen LogP contribution >= 0.6 is 24.4 Å². The molecule has 0 spiro atoms. The quantitative estimate of drug-likeness (QED) is 0.455. The summed E-state index contributed by atoms with van der Waals surface area (Å²) in [4.78, 5) is 0. The van der Waals surface area contributed by atoms with E-state index in [1.54, 1.807) is 0 Å². The molecule has 0 amide bonds. The van der Waals surface area contributed by atoms with Crippen molar-refractivity contribution in [1.29, 1.82) is 0 Å². The molecule has 4 nitrogen and oxygen atoms in total. The minimum atomic E-state index is -0.500. The van der Waals surface area contributed by atoms with Crippen LogP contribution in [0.3, 0.4) is 0 Å². The Morgan fingerprint density at radius 3 is 2.06 bits per heavy atom. The summed E-state index contributed by atoms with van der Waals surface area (Å²) in [7, 11) is 0. The van der Waals surface area contributed by atoms with E-state index in [1.165, 1.54) is 0 Å². The van der Waals surface area contributed by atoms with E-state index in [-0.39, 0.29) is 34.7 Å². The predicted molar refractivity (Wildman–Crippen MR) is 76.6 cm³/mol. The number of thiocarbonyl (C=S) groups is 2. The van der Waals surface area contributed by atoms with Crippen LogP contribution in [0.5, 0.6) is 0 Å². The van der Waals surface area contributed by atoms with Crippen LogP contribution in [0.2, 0.25) is 0 Å². The predicted octanol–water partition coefficient (Wildman–Crippen LogP) is 1.39. The van der Waals surface area contributed by atoms with Gasteiger partial charge in [0, 0.05) is 5.69 Å². The monoisotopic (exact) mass is 268 g/mol. The number of anilines is 1. The number of para-hydroxylation sites is 1. The SMILES string of the molecule is Cc1ccccc1NC(O)=S.NC(O)=S.[NaH]. The van der Waals surface area contributed by atoms with Gasteiger partial charge in [-0.3, -0.25) is 0 Å². The Hall–Kier alpha value is -0.400. The second-order valence-corrected chi connectivity index (χ2v) is 3.39. The van der Waals surface area contributed by atoms with Crippen LogP contribution in [0, 0.1) is 6.92 Å². The molecule has 5 N–H and O–H groups in total. The van der Waals surface area contributed by atoms with Gasteiger partial charge in [-0.1, -0.05) is 18.2 Å². The number of nitrogens with one attached hydrogen (secondary N) is 1. The zero-order chi connectivity index (χ0) is 11.8. The molecular weight excluding hydrogens is 255 g/mol. The van der Waals surface area contributed by atoms with Crippen molar-refractivity contribution in [2.24, 2.45) is 5.73 Å². The van der Waals surface area contributed by atoms with E-state index in [1.807, 2.05) is 31.2 Å². The number of nitrogens with two attached hydrogens (primary N) is 1. The summed E-state index contributed by atoms with van der Waals surface area (Å²) in [5.74, 6) is 0. The molecule has 0 unspecified atom stereocenters. The van der Waals surface area contributed by atoms with Gasteiger partial charge in [-0.25, -0.2) is 0 Å². The van der Waals surface area contributed by atoms with Crippen molar-refractivity contribution in [3.05, 3.63) is 29.8 Å². The van der Waals surface area contributed by atoms with Crippen molar-refractivity contribution < 1.29 is 10.2 Å². The van der Waals surface area contributed by atoms with E-state index < -0.39 is 5.17 Å². The van der Waals surface area contributed by atoms with Crippen molar-refractivity contribution >= 4 is 70.0 Å². The molecule has 7 heteroatoms. The second-order valence-electron chi connectivity index (χ2n) is 2.58. The maximum atomic E-state index is 8.75. The van der Waals surface area contributed by atoms with Gasteiger partial charge in [0.15, 0.2) is 0 Å². The first-order chi connectivity index (χ1) is 6.93. The van der Waals surface area contributed by atoms with Crippen LogP contribution < -0.4 is 11.1 Å². The molecule has 0 radical (unpaired) electrons. The standard InChI is InChI=1S/C8H9NOS.CH3NOS.Na.H/c1-6-4-2-3-5-7(6)9-8(10)11;2-1(3)4;;/h2-5H,1H3,(H2,9,10,11);(H3,2,3,4);;. The van der Waals surface area contributed by atoms with Crippen molar-refractivity contribution in [2.75, 3.05) is 5.32 Å². The minimum absolute atomic E-state index is 0. The van der Waals surface area contributed by atoms with E-state index in [9.17, 15) is 0 Å². The van der Waals surface area contributed by atoms with E-state index >= 15 is 0 Å². The van der Waals surface area contributed by atoms with E-state index in [0.717, 1.165) is 11.3 Å². The van der Waals surface area contributed by atoms with Gasteiger partial charge < -0.3 is 21.3 Å². The summed E-state index contributed by atoms with van der Waals surface area (Å²) in [6.07, 6.45) is 0. The average molecular weight is 268 g/mol. The normalized spacial score (nSPS) is 7.81. The Balaban J connectivity index is 0. The summed E-state index contributed by atoms with van der Waals surface area (Å²) in [5.41, 5.74) is 6.30. The molecule has 0 fully saturated rings. The molecular formula is C9H13N2NaO2S2. The molecule has 0 saturated carbocycles. The first-order valence-electron chi connectivity index (χ1n) is 3.97. The fraction of sp³-hybridized carbons (Fsp3) is 0.111. The Morgan fingerprint density at radius 1 is 1.25 bits per heavy atom. The van der Waals surface area contributed by atoms with Crippen molar-refractivity contribution in [3.63, 3.8) is 0 Å². The van der Waals surface area contributed by atoms with E-state index in [0.29, 0.717) is 0 Å². The first-order valence-corrected chi connectivity index (χ1v) is 4.79. The molecule has 1 rings (SSSR count). The van der Waals surface area contributed by atoms with Gasteiger partial charge in [-0.15, -0.1) is 0 Å². The molecule has 0 aliphatic rings. The van der Waals surface area contributed by atoms with Crippen LogP contribution in [0.25, 0.3) is 0 Å². The second kappa shape index (κ2) is 9.80. The van der Waals surface area contributed by atoms with E-state index in [4.69, 9.17) is 10.2 Å². The van der Waals surface area contributed by atoms with Gasteiger partial charge >= 0.3 is 29.6 Å². The van der Waals surface area contributed by atoms with Gasteiger partial charge in [0.25, 0.3) is 10.3 Å². The summed E-state index contributed by atoms with van der Waals surface area (Å²) >= 11 is 8.35. The molecule has 0 atom stereocenters. The van der Waals surface area contributed by atoms with Gasteiger partial charge in [-0.05, 0) is 43.0 Å². The van der Waals surface area contributed by atoms with Crippen LogP contribution in [-0.2, 0) is 0 Å². The topological polar surface area (TPSA) is 78.5 Å². The average Bonchev–Trinajstić information content (AvgIpc) is 2.07. The van der Waals surface area contributed by atoms with Gasteiger partial charge in [0.1, 0.15) is 0 Å². The zero-order valence-corrected chi connectivity index (χ0v) is 9.73. The Labute approximate surface area is 127 Å². The summed E-state index contributed by atoms with van der Waals surface area (Å²) in [6.45, 7) is 1.95. The van der Waals surface area contributed by atoms with Gasteiger partial charge in [-0.2, -0.15) is 0 Å². The maximum absolute atomic E-state index is 8.75. The molecule has 0 bridgehead atoms. The molecule has 0 saturated heterocycles. The molecule has 84 valence electrons. The van der Waals surface area contributed by atoms with Crippen molar-refractivity contribution in [2.45, 2.75) is 6.92 Å². The Morgan fingerprint density at radius 2 is 1.69 bits per heavy atom. The third-order valence-corrected chi connectivity index (χ3v) is 1.49. The fourth-order valence-electron chi connectivity index (χ4n) is 0.828. The molecule has 16 heavy (non-hydrogen) atoms. The molecule has 0 aliphatic carbocycles. The molecule has 1 aromatic rings. The zero-order valence-electron chi connectivity index (χ0n) is 8.10. The van der Waals surface area contributed by atoms with Crippen LogP contribution in [-0.4, -0.2) is 50.1 Å². The molecule has 0 aromatic heterocycles. The van der Waals surface area contributed by atoms with Crippen molar-refractivity contribution in [3.8, 4) is 0 Å². The number of rotatable bonds is 1. The number of aliphatic hydroxyl groups excluding tert-OH is 2. The third kappa shape index (κ3) is 10.1. The molecule has 0 heterocycles.